The van der Waals surface area contributed by atoms with E-state index in [1.165, 1.54) is 0 Å². The van der Waals surface area contributed by atoms with Crippen molar-refractivity contribution in [2.45, 2.75) is 0 Å². The van der Waals surface area contributed by atoms with E-state index in [-0.39, 0.29) is 16.8 Å². The number of hydrogen-bond donors (Lipinski definition) is 2. The molecule has 0 saturated heterocycles. The zero-order chi connectivity index (χ0) is 31.9. The number of fused-ring (bicyclic) bond motifs is 8. The Morgan fingerprint density at radius 3 is 0.735 bits per heavy atom. The van der Waals surface area contributed by atoms with Gasteiger partial charge in [0.05, 0.1) is 22.8 Å². The molecule has 0 unspecified atom stereocenters. The Hall–Kier alpha value is -6.01. The van der Waals surface area contributed by atoms with Gasteiger partial charge in [-0.15, -0.1) is 0 Å². The van der Waals surface area contributed by atoms with E-state index in [1.807, 2.05) is 24.3 Å². The van der Waals surface area contributed by atoms with Gasteiger partial charge in [0.15, 0.2) is 0 Å². The van der Waals surface area contributed by atoms with Crippen LogP contribution in [-0.2, 0) is 16.8 Å². The molecule has 4 aromatic carbocycles. The van der Waals surface area contributed by atoms with Crippen LogP contribution in [0.5, 0.6) is 0 Å². The van der Waals surface area contributed by atoms with Crippen LogP contribution in [0, 0.1) is 0 Å². The van der Waals surface area contributed by atoms with Gasteiger partial charge in [0.25, 0.3) is 0 Å². The molecule has 9 rings (SSSR count). The SMILES string of the molecule is C1=Cc2nc1c(-c1ccccc1)c1ccc([nH]1)c(-c1ccccc1)c1nc(c(-c3ccccc3)c3ccc([nH]3)c2-c2ccccc2)C=C1.[Co]. The predicted octanol–water partition coefficient (Wildman–Crippen LogP) is 11.3. The Labute approximate surface area is 294 Å². The van der Waals surface area contributed by atoms with E-state index in [0.29, 0.717) is 0 Å². The van der Waals surface area contributed by atoms with Gasteiger partial charge in [0.2, 0.25) is 0 Å². The van der Waals surface area contributed by atoms with Gasteiger partial charge in [-0.25, -0.2) is 9.97 Å². The van der Waals surface area contributed by atoms with Crippen LogP contribution in [0.25, 0.3) is 90.9 Å². The van der Waals surface area contributed by atoms with Gasteiger partial charge in [-0.1, -0.05) is 121 Å². The van der Waals surface area contributed by atoms with Crippen molar-refractivity contribution in [3.63, 3.8) is 0 Å². The summed E-state index contributed by atoms with van der Waals surface area (Å²) in [6, 6.07) is 50.7. The zero-order valence-corrected chi connectivity index (χ0v) is 27.4. The third kappa shape index (κ3) is 5.55. The normalized spacial score (nSPS) is 11.8. The molecule has 3 aromatic heterocycles. The van der Waals surface area contributed by atoms with E-state index in [4.69, 9.17) is 9.97 Å². The van der Waals surface area contributed by atoms with Crippen molar-refractivity contribution < 1.29 is 16.8 Å². The van der Waals surface area contributed by atoms with Crippen LogP contribution in [0.15, 0.2) is 146 Å². The fraction of sp³-hybridized carbons (Fsp3) is 0. The molecule has 0 atom stereocenters. The average Bonchev–Trinajstić information content (AvgIpc) is 3.98. The monoisotopic (exact) mass is 673 g/mol. The molecule has 2 aliphatic heterocycles. The van der Waals surface area contributed by atoms with Crippen molar-refractivity contribution in [2.75, 3.05) is 0 Å². The second-order valence-corrected chi connectivity index (χ2v) is 12.0. The molecule has 7 aromatic rings. The number of rotatable bonds is 4. The van der Waals surface area contributed by atoms with Crippen molar-refractivity contribution in [3.8, 4) is 44.5 Å². The second-order valence-electron chi connectivity index (χ2n) is 12.0. The molecule has 235 valence electrons. The fourth-order valence-electron chi connectivity index (χ4n) is 6.84. The summed E-state index contributed by atoms with van der Waals surface area (Å²) in [5, 5.41) is 0. The molecule has 2 aliphatic rings. The first-order chi connectivity index (χ1) is 23.8. The van der Waals surface area contributed by atoms with Gasteiger partial charge in [-0.05, 0) is 70.8 Å². The van der Waals surface area contributed by atoms with Crippen molar-refractivity contribution in [3.05, 3.63) is 168 Å². The van der Waals surface area contributed by atoms with Crippen molar-refractivity contribution in [1.29, 1.82) is 0 Å². The molecule has 5 heteroatoms. The first kappa shape index (κ1) is 30.3. The second kappa shape index (κ2) is 12.9. The minimum Gasteiger partial charge on any atom is -0.354 e. The zero-order valence-electron chi connectivity index (χ0n) is 26.4. The number of H-pyrrole nitrogens is 2. The van der Waals surface area contributed by atoms with Crippen molar-refractivity contribution >= 4 is 46.4 Å². The van der Waals surface area contributed by atoms with Crippen LogP contribution in [0.2, 0.25) is 0 Å². The summed E-state index contributed by atoms with van der Waals surface area (Å²) in [6.45, 7) is 0. The predicted molar refractivity (Wildman–Crippen MR) is 201 cm³/mol. The molecular weight excluding hydrogens is 643 g/mol. The van der Waals surface area contributed by atoms with Crippen LogP contribution in [0.1, 0.15) is 22.8 Å². The van der Waals surface area contributed by atoms with E-state index in [0.717, 1.165) is 89.4 Å². The van der Waals surface area contributed by atoms with Crippen LogP contribution >= 0.6 is 0 Å². The van der Waals surface area contributed by atoms with Crippen LogP contribution in [0.4, 0.5) is 0 Å². The van der Waals surface area contributed by atoms with Gasteiger partial charge in [-0.2, -0.15) is 0 Å². The van der Waals surface area contributed by atoms with Gasteiger partial charge < -0.3 is 9.97 Å². The third-order valence-corrected chi connectivity index (χ3v) is 9.00. The first-order valence-corrected chi connectivity index (χ1v) is 16.2. The number of hydrogen-bond acceptors (Lipinski definition) is 2. The average molecular weight is 674 g/mol. The van der Waals surface area contributed by atoms with Crippen LogP contribution in [0.3, 0.4) is 0 Å². The summed E-state index contributed by atoms with van der Waals surface area (Å²) < 4.78 is 0. The topological polar surface area (TPSA) is 57.4 Å². The van der Waals surface area contributed by atoms with Crippen molar-refractivity contribution in [1.82, 2.24) is 19.9 Å². The molecule has 8 bridgehead atoms. The molecule has 5 heterocycles. The molecule has 0 saturated carbocycles. The maximum atomic E-state index is 5.35. The standard InChI is InChI=1S/C44H30N4.Co/c1-5-13-29(14-6-1)41-33-21-23-35(45-33)42(30-15-7-2-8-16-30)37-25-27-39(47-37)44(32-19-11-4-12-20-32)40-28-26-38(48-40)43(31-17-9-3-10-18-31)36-24-22-34(41)46-36;/h1-28,45,48H;. The summed E-state index contributed by atoms with van der Waals surface area (Å²) in [6.07, 6.45) is 8.54. The fourth-order valence-corrected chi connectivity index (χ4v) is 6.84. The van der Waals surface area contributed by atoms with Crippen molar-refractivity contribution in [2.24, 2.45) is 0 Å². The minimum absolute atomic E-state index is 0. The molecule has 4 nitrogen and oxygen atoms in total. The molecule has 0 amide bonds. The number of aromatic nitrogens is 4. The van der Waals surface area contributed by atoms with Gasteiger partial charge in [0, 0.05) is 61.1 Å². The number of aromatic amines is 2. The van der Waals surface area contributed by atoms with E-state index in [2.05, 4.69) is 156 Å². The van der Waals surface area contributed by atoms with Gasteiger partial charge in [-0.3, -0.25) is 0 Å². The van der Waals surface area contributed by atoms with E-state index in [9.17, 15) is 0 Å². The summed E-state index contributed by atoms with van der Waals surface area (Å²) >= 11 is 0. The summed E-state index contributed by atoms with van der Waals surface area (Å²) in [7, 11) is 0. The number of benzene rings is 4. The molecule has 2 N–H and O–H groups in total. The number of nitrogens with zero attached hydrogens (tertiary/aromatic N) is 2. The van der Waals surface area contributed by atoms with Crippen LogP contribution in [-0.4, -0.2) is 19.9 Å². The molecule has 0 fully saturated rings. The van der Waals surface area contributed by atoms with E-state index < -0.39 is 0 Å². The summed E-state index contributed by atoms with van der Waals surface area (Å²) in [5.41, 5.74) is 16.2. The maximum absolute atomic E-state index is 5.35. The van der Waals surface area contributed by atoms with E-state index >= 15 is 0 Å². The molecule has 0 aliphatic carbocycles. The Morgan fingerprint density at radius 1 is 0.286 bits per heavy atom. The molecule has 0 spiro atoms. The first-order valence-electron chi connectivity index (χ1n) is 16.2. The Bertz CT molecular complexity index is 2180. The molecule has 1 radical (unpaired) electrons. The summed E-state index contributed by atoms with van der Waals surface area (Å²) in [5.74, 6) is 0. The third-order valence-electron chi connectivity index (χ3n) is 9.00. The van der Waals surface area contributed by atoms with Crippen LogP contribution < -0.4 is 0 Å². The molecular formula is C44H30CoN4. The van der Waals surface area contributed by atoms with E-state index in [1.54, 1.807) is 0 Å². The Balaban J connectivity index is 0.00000348. The van der Waals surface area contributed by atoms with Gasteiger partial charge in [0.1, 0.15) is 0 Å². The quantitative estimate of drug-likeness (QED) is 0.195. The largest absolute Gasteiger partial charge is 0.354 e. The molecule has 49 heavy (non-hydrogen) atoms. The smallest absolute Gasteiger partial charge is 0.0737 e. The number of nitrogens with one attached hydrogen (secondary N) is 2. The Morgan fingerprint density at radius 2 is 0.510 bits per heavy atom. The Kier molecular flexibility index (Phi) is 7.98. The summed E-state index contributed by atoms with van der Waals surface area (Å²) in [4.78, 5) is 18.3. The van der Waals surface area contributed by atoms with Gasteiger partial charge >= 0.3 is 0 Å². The maximum Gasteiger partial charge on any atom is 0.0737 e. The minimum atomic E-state index is 0.